The van der Waals surface area contributed by atoms with Gasteiger partial charge in [0, 0.05) is 54.7 Å². The molecule has 0 saturated heterocycles. The molecule has 5 heteroatoms. The Bertz CT molecular complexity index is 3400. The van der Waals surface area contributed by atoms with Crippen molar-refractivity contribution in [3.8, 4) is 39.6 Å². The lowest BCUT2D eigenvalue weighted by Crippen LogP contribution is -2.02. The smallest absolute Gasteiger partial charge is 0.164 e. The van der Waals surface area contributed by atoms with E-state index >= 15 is 0 Å². The first-order valence-electron chi connectivity index (χ1n) is 19.2. The summed E-state index contributed by atoms with van der Waals surface area (Å²) >= 11 is 0. The van der Waals surface area contributed by atoms with Crippen molar-refractivity contribution in [2.45, 2.75) is 0 Å². The maximum atomic E-state index is 5.10. The van der Waals surface area contributed by atoms with Crippen molar-refractivity contribution in [3.63, 3.8) is 0 Å². The van der Waals surface area contributed by atoms with Crippen LogP contribution >= 0.6 is 0 Å². The van der Waals surface area contributed by atoms with Crippen LogP contribution in [0.3, 0.4) is 0 Å². The second-order valence-corrected chi connectivity index (χ2v) is 14.6. The molecule has 11 aromatic rings. The molecular weight excluding hydrogens is 695 g/mol. The highest BCUT2D eigenvalue weighted by Crippen LogP contribution is 2.42. The van der Waals surface area contributed by atoms with E-state index in [2.05, 4.69) is 172 Å². The Hall–Kier alpha value is -7.85. The van der Waals surface area contributed by atoms with Gasteiger partial charge in [-0.1, -0.05) is 109 Å². The molecule has 1 aliphatic carbocycles. The third-order valence-electron chi connectivity index (χ3n) is 11.4. The van der Waals surface area contributed by atoms with Crippen molar-refractivity contribution in [2.75, 3.05) is 0 Å². The minimum absolute atomic E-state index is 0.610. The molecule has 7 aromatic carbocycles. The standard InChI is InChI=1S/C52H31N5/c1-2-4-14-34(13-3-1)50-53-51(55-52(54-50)36-27-29-38(30-28-36)56-45-19-9-5-15-39(45)40-16-6-10-20-46(40)56)35-25-23-33(24-26-35)37-31-43-41-17-7-11-21-47(41)57-48-22-12-8-18-42(48)44(32-37)49(43)57/h1,3-32H. The Balaban J connectivity index is 0.963. The first-order chi connectivity index (χ1) is 28.3. The number of nitrogens with zero attached hydrogens (tertiary/aromatic N) is 5. The monoisotopic (exact) mass is 725 g/mol. The maximum absolute atomic E-state index is 5.10. The number of hydrogen-bond donors (Lipinski definition) is 0. The molecule has 0 spiro atoms. The third-order valence-corrected chi connectivity index (χ3v) is 11.4. The van der Waals surface area contributed by atoms with Crippen LogP contribution in [0.25, 0.3) is 105 Å². The van der Waals surface area contributed by atoms with E-state index in [4.69, 9.17) is 15.0 Å². The zero-order valence-electron chi connectivity index (χ0n) is 30.6. The highest BCUT2D eigenvalue weighted by Gasteiger charge is 2.19. The van der Waals surface area contributed by atoms with Crippen molar-refractivity contribution in [1.29, 1.82) is 0 Å². The largest absolute Gasteiger partial charge is 0.309 e. The van der Waals surface area contributed by atoms with Crippen LogP contribution in [0.2, 0.25) is 0 Å². The first-order valence-corrected chi connectivity index (χ1v) is 19.2. The molecule has 0 atom stereocenters. The molecule has 5 nitrogen and oxygen atoms in total. The van der Waals surface area contributed by atoms with Gasteiger partial charge in [-0.05, 0) is 90.0 Å². The SMILES string of the molecule is C1=CC=CC(c2nc(-c3ccc(-c4cc5c6ccccc6n6c7ccccc7c(c4)c56)cc3)nc(-c3ccc(-n4c5ccccc5c5ccccc54)cc3)n2)=CC=1. The van der Waals surface area contributed by atoms with E-state index in [1.165, 1.54) is 65.5 Å². The molecule has 0 fully saturated rings. The van der Waals surface area contributed by atoms with Crippen molar-refractivity contribution in [3.05, 3.63) is 200 Å². The lowest BCUT2D eigenvalue weighted by molar-refractivity contribution is 1.04. The number of para-hydroxylation sites is 4. The molecule has 4 heterocycles. The van der Waals surface area contributed by atoms with Crippen LogP contribution in [0, 0.1) is 0 Å². The summed E-state index contributed by atoms with van der Waals surface area (Å²) in [5.41, 5.74) is 15.4. The maximum Gasteiger partial charge on any atom is 0.164 e. The van der Waals surface area contributed by atoms with E-state index in [0.29, 0.717) is 17.5 Å². The van der Waals surface area contributed by atoms with Gasteiger partial charge in [0.05, 0.1) is 27.6 Å². The number of rotatable bonds is 5. The fourth-order valence-electron chi connectivity index (χ4n) is 8.76. The second-order valence-electron chi connectivity index (χ2n) is 14.6. The second kappa shape index (κ2) is 12.3. The molecule has 1 aliphatic rings. The summed E-state index contributed by atoms with van der Waals surface area (Å²) in [5, 5.41) is 7.54. The third kappa shape index (κ3) is 4.87. The number of hydrogen-bond acceptors (Lipinski definition) is 3. The lowest BCUT2D eigenvalue weighted by Gasteiger charge is -2.11. The quantitative estimate of drug-likeness (QED) is 0.166. The predicted octanol–water partition coefficient (Wildman–Crippen LogP) is 12.8. The van der Waals surface area contributed by atoms with Crippen LogP contribution in [0.1, 0.15) is 5.82 Å². The molecule has 12 rings (SSSR count). The van der Waals surface area contributed by atoms with Gasteiger partial charge in [0.15, 0.2) is 17.5 Å². The highest BCUT2D eigenvalue weighted by molar-refractivity contribution is 6.24. The zero-order valence-corrected chi connectivity index (χ0v) is 30.6. The molecular formula is C52H31N5. The van der Waals surface area contributed by atoms with Gasteiger partial charge < -0.3 is 8.97 Å². The molecule has 57 heavy (non-hydrogen) atoms. The Kier molecular flexibility index (Phi) is 6.82. The Morgan fingerprint density at radius 2 is 0.877 bits per heavy atom. The van der Waals surface area contributed by atoms with Crippen LogP contribution in [-0.2, 0) is 0 Å². The van der Waals surface area contributed by atoms with E-state index in [1.54, 1.807) is 0 Å². The first kappa shape index (κ1) is 31.5. The van der Waals surface area contributed by atoms with Gasteiger partial charge in [-0.3, -0.25) is 0 Å². The average molecular weight is 726 g/mol. The number of benzene rings is 7. The number of aromatic nitrogens is 5. The molecule has 0 N–H and O–H groups in total. The fourth-order valence-corrected chi connectivity index (χ4v) is 8.76. The van der Waals surface area contributed by atoms with Gasteiger partial charge in [0.1, 0.15) is 0 Å². The summed E-state index contributed by atoms with van der Waals surface area (Å²) in [4.78, 5) is 15.2. The summed E-state index contributed by atoms with van der Waals surface area (Å²) in [5.74, 6) is 1.85. The Morgan fingerprint density at radius 3 is 1.46 bits per heavy atom. The molecule has 0 aliphatic heterocycles. The van der Waals surface area contributed by atoms with Gasteiger partial charge in [-0.25, -0.2) is 15.0 Å². The predicted molar refractivity (Wildman–Crippen MR) is 235 cm³/mol. The lowest BCUT2D eigenvalue weighted by atomic mass is 9.98. The van der Waals surface area contributed by atoms with Crippen LogP contribution in [-0.4, -0.2) is 23.9 Å². The van der Waals surface area contributed by atoms with Gasteiger partial charge in [0.2, 0.25) is 0 Å². The molecule has 4 aromatic heterocycles. The van der Waals surface area contributed by atoms with Crippen molar-refractivity contribution in [1.82, 2.24) is 23.9 Å². The molecule has 264 valence electrons. The number of fused-ring (bicyclic) bond motifs is 9. The average Bonchev–Trinajstić information content (AvgIpc) is 3.81. The van der Waals surface area contributed by atoms with Crippen molar-refractivity contribution >= 4 is 65.5 Å². The van der Waals surface area contributed by atoms with Gasteiger partial charge >= 0.3 is 0 Å². The normalized spacial score (nSPS) is 12.9. The minimum Gasteiger partial charge on any atom is -0.309 e. The molecule has 0 amide bonds. The van der Waals surface area contributed by atoms with Crippen LogP contribution < -0.4 is 0 Å². The van der Waals surface area contributed by atoms with Crippen LogP contribution in [0.5, 0.6) is 0 Å². The minimum atomic E-state index is 0.610. The van der Waals surface area contributed by atoms with E-state index in [1.807, 2.05) is 30.4 Å². The van der Waals surface area contributed by atoms with Crippen molar-refractivity contribution < 1.29 is 0 Å². The van der Waals surface area contributed by atoms with Crippen LogP contribution in [0.4, 0.5) is 0 Å². The summed E-state index contributed by atoms with van der Waals surface area (Å²) < 4.78 is 4.74. The van der Waals surface area contributed by atoms with Gasteiger partial charge in [-0.2, -0.15) is 0 Å². The molecule has 0 radical (unpaired) electrons. The van der Waals surface area contributed by atoms with E-state index in [-0.39, 0.29) is 0 Å². The summed E-state index contributed by atoms with van der Waals surface area (Å²) in [6, 6.07) is 56.4. The molecule has 0 bridgehead atoms. The number of allylic oxidation sites excluding steroid dienone is 5. The summed E-state index contributed by atoms with van der Waals surface area (Å²) in [7, 11) is 0. The van der Waals surface area contributed by atoms with Crippen molar-refractivity contribution in [2.24, 2.45) is 0 Å². The van der Waals surface area contributed by atoms with E-state index in [0.717, 1.165) is 28.0 Å². The fraction of sp³-hybridized carbons (Fsp3) is 0. The molecule has 0 saturated carbocycles. The van der Waals surface area contributed by atoms with E-state index in [9.17, 15) is 0 Å². The Labute approximate surface area is 327 Å². The highest BCUT2D eigenvalue weighted by atomic mass is 15.0. The van der Waals surface area contributed by atoms with Gasteiger partial charge in [-0.15, -0.1) is 5.73 Å². The summed E-state index contributed by atoms with van der Waals surface area (Å²) in [6.45, 7) is 0. The zero-order chi connectivity index (χ0) is 37.5. The van der Waals surface area contributed by atoms with E-state index < -0.39 is 0 Å². The molecule has 0 unspecified atom stereocenters. The topological polar surface area (TPSA) is 48.0 Å². The van der Waals surface area contributed by atoms with Crippen LogP contribution in [0.15, 0.2) is 194 Å². The van der Waals surface area contributed by atoms with Gasteiger partial charge in [0.25, 0.3) is 0 Å². The Morgan fingerprint density at radius 1 is 0.404 bits per heavy atom. The summed E-state index contributed by atoms with van der Waals surface area (Å²) in [6.07, 6.45) is 9.76.